The number of aliphatic hydroxyl groups is 1. The van der Waals surface area contributed by atoms with Gasteiger partial charge in [0.2, 0.25) is 0 Å². The molecular weight excluding hydrogens is 260 g/mol. The third-order valence-electron chi connectivity index (χ3n) is 4.83. The standard InChI is InChI=1S/C18H24N2O/c1-14(2)15-7-6-11-18(21,13-15)17-10-12-19-20(17)16-8-4-3-5-9-16/h3-5,8-10,12,14-15,21H,6-7,11,13H2,1-2H3. The fourth-order valence-electron chi connectivity index (χ4n) is 3.53. The molecule has 2 aromatic rings. The second-order valence-electron chi connectivity index (χ2n) is 6.60. The number of benzene rings is 1. The minimum atomic E-state index is -0.750. The van der Waals surface area contributed by atoms with Crippen molar-refractivity contribution in [2.75, 3.05) is 0 Å². The van der Waals surface area contributed by atoms with E-state index in [1.54, 1.807) is 6.20 Å². The number of aromatic nitrogens is 2. The zero-order valence-corrected chi connectivity index (χ0v) is 12.9. The normalized spacial score (nSPS) is 26.2. The monoisotopic (exact) mass is 284 g/mol. The summed E-state index contributed by atoms with van der Waals surface area (Å²) in [6.45, 7) is 4.51. The van der Waals surface area contributed by atoms with Gasteiger partial charge in [-0.2, -0.15) is 5.10 Å². The van der Waals surface area contributed by atoms with Crippen LogP contribution in [-0.4, -0.2) is 14.9 Å². The SMILES string of the molecule is CC(C)C1CCCC(O)(c2ccnn2-c2ccccc2)C1. The minimum Gasteiger partial charge on any atom is -0.384 e. The number of hydrogen-bond acceptors (Lipinski definition) is 2. The number of hydrogen-bond donors (Lipinski definition) is 1. The molecule has 3 nitrogen and oxygen atoms in total. The highest BCUT2D eigenvalue weighted by Gasteiger charge is 2.39. The van der Waals surface area contributed by atoms with Crippen molar-refractivity contribution in [3.8, 4) is 5.69 Å². The van der Waals surface area contributed by atoms with Gasteiger partial charge in [-0.15, -0.1) is 0 Å². The summed E-state index contributed by atoms with van der Waals surface area (Å²) in [5, 5.41) is 15.7. The Bertz CT molecular complexity index is 590. The van der Waals surface area contributed by atoms with Gasteiger partial charge in [-0.1, -0.05) is 32.0 Å². The molecule has 3 rings (SSSR count). The summed E-state index contributed by atoms with van der Waals surface area (Å²) >= 11 is 0. The maximum atomic E-state index is 11.2. The molecule has 112 valence electrons. The maximum Gasteiger partial charge on any atom is 0.107 e. The summed E-state index contributed by atoms with van der Waals surface area (Å²) in [4.78, 5) is 0. The van der Waals surface area contributed by atoms with Gasteiger partial charge in [-0.05, 0) is 55.7 Å². The summed E-state index contributed by atoms with van der Waals surface area (Å²) in [5.41, 5.74) is 1.19. The lowest BCUT2D eigenvalue weighted by Gasteiger charge is -2.38. The van der Waals surface area contributed by atoms with Crippen LogP contribution in [0.5, 0.6) is 0 Å². The van der Waals surface area contributed by atoms with Crippen molar-refractivity contribution in [2.24, 2.45) is 11.8 Å². The quantitative estimate of drug-likeness (QED) is 0.928. The first kappa shape index (κ1) is 14.3. The topological polar surface area (TPSA) is 38.1 Å². The second-order valence-corrected chi connectivity index (χ2v) is 6.60. The van der Waals surface area contributed by atoms with Crippen molar-refractivity contribution in [2.45, 2.75) is 45.1 Å². The molecule has 1 aliphatic carbocycles. The van der Waals surface area contributed by atoms with E-state index in [0.29, 0.717) is 11.8 Å². The highest BCUT2D eigenvalue weighted by Crippen LogP contribution is 2.42. The first-order valence-electron chi connectivity index (χ1n) is 7.92. The molecule has 1 N–H and O–H groups in total. The smallest absolute Gasteiger partial charge is 0.107 e. The van der Waals surface area contributed by atoms with Crippen LogP contribution >= 0.6 is 0 Å². The van der Waals surface area contributed by atoms with E-state index in [1.165, 1.54) is 6.42 Å². The van der Waals surface area contributed by atoms with Gasteiger partial charge in [0.25, 0.3) is 0 Å². The number of nitrogens with zero attached hydrogens (tertiary/aromatic N) is 2. The first-order valence-corrected chi connectivity index (χ1v) is 7.92. The van der Waals surface area contributed by atoms with Crippen molar-refractivity contribution < 1.29 is 5.11 Å². The van der Waals surface area contributed by atoms with E-state index in [2.05, 4.69) is 18.9 Å². The van der Waals surface area contributed by atoms with Gasteiger partial charge in [0, 0.05) is 6.20 Å². The molecule has 21 heavy (non-hydrogen) atoms. The van der Waals surface area contributed by atoms with Crippen LogP contribution in [0, 0.1) is 11.8 Å². The molecule has 1 aromatic heterocycles. The van der Waals surface area contributed by atoms with Crippen LogP contribution in [0.15, 0.2) is 42.6 Å². The van der Waals surface area contributed by atoms with E-state index in [9.17, 15) is 5.11 Å². The summed E-state index contributed by atoms with van der Waals surface area (Å²) in [6, 6.07) is 12.0. The van der Waals surface area contributed by atoms with Crippen molar-refractivity contribution >= 4 is 0 Å². The van der Waals surface area contributed by atoms with Crippen LogP contribution in [0.1, 0.15) is 45.2 Å². The lowest BCUT2D eigenvalue weighted by molar-refractivity contribution is -0.0348. The van der Waals surface area contributed by atoms with E-state index in [0.717, 1.165) is 30.6 Å². The Morgan fingerprint density at radius 1 is 1.24 bits per heavy atom. The molecule has 0 amide bonds. The Kier molecular flexibility index (Phi) is 3.85. The van der Waals surface area contributed by atoms with E-state index >= 15 is 0 Å². The fraction of sp³-hybridized carbons (Fsp3) is 0.500. The summed E-state index contributed by atoms with van der Waals surface area (Å²) < 4.78 is 1.89. The predicted molar refractivity (Wildman–Crippen MR) is 84.3 cm³/mol. The summed E-state index contributed by atoms with van der Waals surface area (Å²) in [7, 11) is 0. The third-order valence-corrected chi connectivity index (χ3v) is 4.83. The van der Waals surface area contributed by atoms with Gasteiger partial charge >= 0.3 is 0 Å². The predicted octanol–water partition coefficient (Wildman–Crippen LogP) is 3.91. The van der Waals surface area contributed by atoms with Crippen LogP contribution in [0.25, 0.3) is 5.69 Å². The Hall–Kier alpha value is -1.61. The van der Waals surface area contributed by atoms with Crippen molar-refractivity contribution in [3.63, 3.8) is 0 Å². The minimum absolute atomic E-state index is 0.586. The summed E-state index contributed by atoms with van der Waals surface area (Å²) in [6.07, 6.45) is 5.76. The van der Waals surface area contributed by atoms with Gasteiger partial charge in [0.05, 0.1) is 11.4 Å². The van der Waals surface area contributed by atoms with Gasteiger partial charge in [-0.25, -0.2) is 4.68 Å². The van der Waals surface area contributed by atoms with Gasteiger partial charge < -0.3 is 5.11 Å². The van der Waals surface area contributed by atoms with Crippen LogP contribution in [-0.2, 0) is 5.60 Å². The lowest BCUT2D eigenvalue weighted by atomic mass is 9.72. The van der Waals surface area contributed by atoms with E-state index < -0.39 is 5.60 Å². The second kappa shape index (κ2) is 5.64. The molecule has 1 aliphatic rings. The van der Waals surface area contributed by atoms with Crippen molar-refractivity contribution in [3.05, 3.63) is 48.3 Å². The van der Waals surface area contributed by atoms with Crippen LogP contribution in [0.4, 0.5) is 0 Å². The Labute approximate surface area is 126 Å². The molecule has 2 atom stereocenters. The lowest BCUT2D eigenvalue weighted by Crippen LogP contribution is -2.36. The van der Waals surface area contributed by atoms with Crippen molar-refractivity contribution in [1.82, 2.24) is 9.78 Å². The molecular formula is C18H24N2O. The Balaban J connectivity index is 1.95. The van der Waals surface area contributed by atoms with Crippen LogP contribution in [0.3, 0.4) is 0 Å². The molecule has 1 aromatic carbocycles. The van der Waals surface area contributed by atoms with Crippen LogP contribution < -0.4 is 0 Å². The molecule has 0 spiro atoms. The molecule has 1 saturated carbocycles. The van der Waals surface area contributed by atoms with Gasteiger partial charge in [0.1, 0.15) is 5.60 Å². The molecule has 0 radical (unpaired) electrons. The molecule has 1 heterocycles. The average molecular weight is 284 g/mol. The first-order chi connectivity index (χ1) is 10.1. The number of para-hydroxylation sites is 1. The molecule has 0 saturated heterocycles. The average Bonchev–Trinajstić information content (AvgIpc) is 2.98. The number of rotatable bonds is 3. The molecule has 0 aliphatic heterocycles. The Morgan fingerprint density at radius 3 is 2.71 bits per heavy atom. The highest BCUT2D eigenvalue weighted by atomic mass is 16.3. The third kappa shape index (κ3) is 2.75. The van der Waals surface area contributed by atoms with Crippen LogP contribution in [0.2, 0.25) is 0 Å². The zero-order valence-electron chi connectivity index (χ0n) is 12.9. The molecule has 0 bridgehead atoms. The molecule has 1 fully saturated rings. The van der Waals surface area contributed by atoms with Gasteiger partial charge in [-0.3, -0.25) is 0 Å². The summed E-state index contributed by atoms with van der Waals surface area (Å²) in [5.74, 6) is 1.20. The Morgan fingerprint density at radius 2 is 2.00 bits per heavy atom. The largest absolute Gasteiger partial charge is 0.384 e. The van der Waals surface area contributed by atoms with Crippen molar-refractivity contribution in [1.29, 1.82) is 0 Å². The van der Waals surface area contributed by atoms with E-state index in [1.807, 2.05) is 41.1 Å². The van der Waals surface area contributed by atoms with E-state index in [4.69, 9.17) is 0 Å². The van der Waals surface area contributed by atoms with E-state index in [-0.39, 0.29) is 0 Å². The highest BCUT2D eigenvalue weighted by molar-refractivity contribution is 5.34. The molecule has 2 unspecified atom stereocenters. The molecule has 3 heteroatoms. The zero-order chi connectivity index (χ0) is 14.9. The van der Waals surface area contributed by atoms with Gasteiger partial charge in [0.15, 0.2) is 0 Å². The maximum absolute atomic E-state index is 11.2. The fourth-order valence-corrected chi connectivity index (χ4v) is 3.53.